The molecule has 1 heterocycles. The molecule has 0 radical (unpaired) electrons. The van der Waals surface area contributed by atoms with Crippen molar-refractivity contribution >= 4 is 26.0 Å². The van der Waals surface area contributed by atoms with Crippen LogP contribution in [-0.2, 0) is 10.0 Å². The molecule has 0 aromatic heterocycles. The monoisotopic (exact) mass is 322 g/mol. The van der Waals surface area contributed by atoms with Crippen molar-refractivity contribution in [3.63, 3.8) is 0 Å². The second kappa shape index (κ2) is 4.64. The fraction of sp³-hybridized carbons (Fsp3) is 0.400. The first kappa shape index (κ1) is 12.9. The van der Waals surface area contributed by atoms with Crippen LogP contribution in [0.4, 0.5) is 4.39 Å². The summed E-state index contributed by atoms with van der Waals surface area (Å²) in [5, 5.41) is 0. The molecule has 4 nitrogen and oxygen atoms in total. The van der Waals surface area contributed by atoms with Gasteiger partial charge in [-0.15, -0.1) is 0 Å². The van der Waals surface area contributed by atoms with Crippen LogP contribution in [0.1, 0.15) is 6.42 Å². The molecule has 7 heteroatoms. The van der Waals surface area contributed by atoms with E-state index in [-0.39, 0.29) is 15.4 Å². The Hall–Kier alpha value is -0.500. The zero-order valence-electron chi connectivity index (χ0n) is 8.94. The van der Waals surface area contributed by atoms with Gasteiger partial charge in [-0.3, -0.25) is 0 Å². The van der Waals surface area contributed by atoms with Gasteiger partial charge in [0.2, 0.25) is 10.0 Å². The highest BCUT2D eigenvalue weighted by molar-refractivity contribution is 9.10. The van der Waals surface area contributed by atoms with Crippen molar-refractivity contribution in [1.82, 2.24) is 4.31 Å². The van der Waals surface area contributed by atoms with Crippen molar-refractivity contribution in [2.24, 2.45) is 5.73 Å². The van der Waals surface area contributed by atoms with Crippen LogP contribution >= 0.6 is 15.9 Å². The summed E-state index contributed by atoms with van der Waals surface area (Å²) in [6, 6.07) is 3.65. The third kappa shape index (κ3) is 2.52. The van der Waals surface area contributed by atoms with Crippen LogP contribution in [0, 0.1) is 5.82 Å². The average molecular weight is 323 g/mol. The number of nitrogens with zero attached hydrogens (tertiary/aromatic N) is 1. The molecule has 1 saturated heterocycles. The predicted molar refractivity (Wildman–Crippen MR) is 65.5 cm³/mol. The van der Waals surface area contributed by atoms with Crippen molar-refractivity contribution in [3.8, 4) is 0 Å². The highest BCUT2D eigenvalue weighted by Gasteiger charge is 2.31. The first-order chi connectivity index (χ1) is 7.91. The first-order valence-corrected chi connectivity index (χ1v) is 7.35. The largest absolute Gasteiger partial charge is 0.326 e. The Balaban J connectivity index is 2.35. The molecule has 1 aromatic rings. The van der Waals surface area contributed by atoms with Crippen LogP contribution in [0.25, 0.3) is 0 Å². The zero-order chi connectivity index (χ0) is 12.6. The fourth-order valence-electron chi connectivity index (χ4n) is 1.76. The van der Waals surface area contributed by atoms with Crippen molar-refractivity contribution in [2.75, 3.05) is 13.1 Å². The lowest BCUT2D eigenvalue weighted by Crippen LogP contribution is -2.32. The number of sulfonamides is 1. The maximum absolute atomic E-state index is 13.3. The molecule has 17 heavy (non-hydrogen) atoms. The standard InChI is InChI=1S/C10H12BrFN2O2S/c11-9-2-1-8(5-10(9)12)17(15,16)14-4-3-7(13)6-14/h1-2,5,7H,3-4,6,13H2/t7-/m0/s1. The van der Waals surface area contributed by atoms with Gasteiger partial charge in [0.15, 0.2) is 0 Å². The smallest absolute Gasteiger partial charge is 0.243 e. The van der Waals surface area contributed by atoms with Crippen molar-refractivity contribution in [1.29, 1.82) is 0 Å². The van der Waals surface area contributed by atoms with Gasteiger partial charge in [0.05, 0.1) is 9.37 Å². The van der Waals surface area contributed by atoms with E-state index < -0.39 is 15.8 Å². The summed E-state index contributed by atoms with van der Waals surface area (Å²) >= 11 is 2.99. The number of rotatable bonds is 2. The van der Waals surface area contributed by atoms with Gasteiger partial charge >= 0.3 is 0 Å². The van der Waals surface area contributed by atoms with Crippen LogP contribution in [0.2, 0.25) is 0 Å². The molecule has 1 aliphatic heterocycles. The fourth-order valence-corrected chi connectivity index (χ4v) is 3.53. The third-order valence-electron chi connectivity index (χ3n) is 2.72. The number of nitrogens with two attached hydrogens (primary N) is 1. The number of hydrogen-bond acceptors (Lipinski definition) is 3. The van der Waals surface area contributed by atoms with Gasteiger partial charge in [-0.05, 0) is 40.5 Å². The molecular weight excluding hydrogens is 311 g/mol. The highest BCUT2D eigenvalue weighted by Crippen LogP contribution is 2.24. The Morgan fingerprint density at radius 2 is 2.18 bits per heavy atom. The predicted octanol–water partition coefficient (Wildman–Crippen LogP) is 1.31. The molecular formula is C10H12BrFN2O2S. The average Bonchev–Trinajstić information content (AvgIpc) is 2.69. The molecule has 94 valence electrons. The summed E-state index contributed by atoms with van der Waals surface area (Å²) in [7, 11) is -3.62. The van der Waals surface area contributed by atoms with Gasteiger partial charge < -0.3 is 5.73 Å². The lowest BCUT2D eigenvalue weighted by molar-refractivity contribution is 0.471. The quantitative estimate of drug-likeness (QED) is 0.893. The molecule has 0 amide bonds. The Morgan fingerprint density at radius 1 is 1.47 bits per heavy atom. The van der Waals surface area contributed by atoms with Gasteiger partial charge in [-0.25, -0.2) is 12.8 Å². The maximum atomic E-state index is 13.3. The molecule has 2 N–H and O–H groups in total. The van der Waals surface area contributed by atoms with Crippen LogP contribution in [0.3, 0.4) is 0 Å². The summed E-state index contributed by atoms with van der Waals surface area (Å²) in [6.07, 6.45) is 0.637. The molecule has 0 saturated carbocycles. The van der Waals surface area contributed by atoms with E-state index in [1.165, 1.54) is 16.4 Å². The van der Waals surface area contributed by atoms with E-state index in [4.69, 9.17) is 5.73 Å². The molecule has 1 aromatic carbocycles. The van der Waals surface area contributed by atoms with E-state index in [1.807, 2.05) is 0 Å². The summed E-state index contributed by atoms with van der Waals surface area (Å²) in [6.45, 7) is 0.682. The van der Waals surface area contributed by atoms with E-state index in [0.717, 1.165) is 6.07 Å². The highest BCUT2D eigenvalue weighted by atomic mass is 79.9. The molecule has 2 rings (SSSR count). The van der Waals surface area contributed by atoms with Gasteiger partial charge in [0, 0.05) is 19.1 Å². The van der Waals surface area contributed by atoms with Gasteiger partial charge in [0.1, 0.15) is 5.82 Å². The first-order valence-electron chi connectivity index (χ1n) is 5.12. The topological polar surface area (TPSA) is 63.4 Å². The van der Waals surface area contributed by atoms with E-state index in [1.54, 1.807) is 0 Å². The molecule has 0 spiro atoms. The Labute approximate surface area is 108 Å². The molecule has 0 unspecified atom stereocenters. The number of benzene rings is 1. The Morgan fingerprint density at radius 3 is 2.71 bits per heavy atom. The minimum absolute atomic E-state index is 0.0349. The van der Waals surface area contributed by atoms with Gasteiger partial charge in [-0.1, -0.05) is 0 Å². The summed E-state index contributed by atoms with van der Waals surface area (Å²) in [5.74, 6) is -0.588. The normalized spacial score (nSPS) is 21.9. The second-order valence-corrected chi connectivity index (χ2v) is 6.78. The SMILES string of the molecule is N[C@H]1CCN(S(=O)(=O)c2ccc(Br)c(F)c2)C1. The summed E-state index contributed by atoms with van der Waals surface area (Å²) in [5.41, 5.74) is 5.67. The second-order valence-electron chi connectivity index (χ2n) is 3.99. The Bertz CT molecular complexity index is 535. The molecule has 0 bridgehead atoms. The molecule has 0 aliphatic carbocycles. The summed E-state index contributed by atoms with van der Waals surface area (Å²) < 4.78 is 39.1. The van der Waals surface area contributed by atoms with Crippen molar-refractivity contribution < 1.29 is 12.8 Å². The van der Waals surface area contributed by atoms with Crippen LogP contribution in [-0.4, -0.2) is 31.9 Å². The van der Waals surface area contributed by atoms with Gasteiger partial charge in [-0.2, -0.15) is 4.31 Å². The van der Waals surface area contributed by atoms with E-state index in [9.17, 15) is 12.8 Å². The molecule has 1 atom stereocenters. The molecule has 1 fully saturated rings. The summed E-state index contributed by atoms with van der Waals surface area (Å²) in [4.78, 5) is -0.0349. The maximum Gasteiger partial charge on any atom is 0.243 e. The zero-order valence-corrected chi connectivity index (χ0v) is 11.3. The van der Waals surface area contributed by atoms with Crippen LogP contribution in [0.15, 0.2) is 27.6 Å². The number of hydrogen-bond donors (Lipinski definition) is 1. The lowest BCUT2D eigenvalue weighted by atomic mass is 10.3. The molecule has 1 aliphatic rings. The van der Waals surface area contributed by atoms with Crippen molar-refractivity contribution in [2.45, 2.75) is 17.4 Å². The van der Waals surface area contributed by atoms with Gasteiger partial charge in [0.25, 0.3) is 0 Å². The Kier molecular flexibility index (Phi) is 3.53. The van der Waals surface area contributed by atoms with E-state index in [0.29, 0.717) is 19.5 Å². The van der Waals surface area contributed by atoms with Crippen LogP contribution in [0.5, 0.6) is 0 Å². The minimum Gasteiger partial charge on any atom is -0.326 e. The van der Waals surface area contributed by atoms with Crippen molar-refractivity contribution in [3.05, 3.63) is 28.5 Å². The van der Waals surface area contributed by atoms with Crippen LogP contribution < -0.4 is 5.73 Å². The van der Waals surface area contributed by atoms with E-state index >= 15 is 0 Å². The number of halogens is 2. The third-order valence-corrected chi connectivity index (χ3v) is 5.22. The van der Waals surface area contributed by atoms with E-state index in [2.05, 4.69) is 15.9 Å². The lowest BCUT2D eigenvalue weighted by Gasteiger charge is -2.16. The minimum atomic E-state index is -3.62.